The minimum atomic E-state index is -0.548. The van der Waals surface area contributed by atoms with Crippen LogP contribution in [0.25, 0.3) is 0 Å². The van der Waals surface area contributed by atoms with Gasteiger partial charge in [0.15, 0.2) is 5.82 Å². The van der Waals surface area contributed by atoms with Crippen molar-refractivity contribution in [2.75, 3.05) is 6.54 Å². The van der Waals surface area contributed by atoms with Crippen LogP contribution in [0, 0.1) is 5.92 Å². The van der Waals surface area contributed by atoms with Crippen molar-refractivity contribution in [3.8, 4) is 0 Å². The molecule has 0 saturated heterocycles. The maximum atomic E-state index is 9.47. The summed E-state index contributed by atoms with van der Waals surface area (Å²) in [6, 6.07) is 0. The Bertz CT molecular complexity index is 321. The molecule has 1 aliphatic rings. The summed E-state index contributed by atoms with van der Waals surface area (Å²) in [7, 11) is 0. The van der Waals surface area contributed by atoms with E-state index in [1.54, 1.807) is 6.92 Å². The van der Waals surface area contributed by atoms with Gasteiger partial charge in [0.1, 0.15) is 11.9 Å². The first kappa shape index (κ1) is 9.61. The predicted molar refractivity (Wildman–Crippen MR) is 51.5 cm³/mol. The van der Waals surface area contributed by atoms with Crippen molar-refractivity contribution in [2.45, 2.75) is 32.4 Å². The third kappa shape index (κ3) is 1.53. The molecule has 3 N–H and O–H groups in total. The van der Waals surface area contributed by atoms with E-state index in [1.807, 2.05) is 4.57 Å². The highest BCUT2D eigenvalue weighted by Crippen LogP contribution is 2.21. The van der Waals surface area contributed by atoms with Crippen LogP contribution in [0.4, 0.5) is 0 Å². The molecule has 0 bridgehead atoms. The number of hydrogen-bond acceptors (Lipinski definition) is 4. The molecular formula is C9H16N4O. The fourth-order valence-corrected chi connectivity index (χ4v) is 1.92. The van der Waals surface area contributed by atoms with Gasteiger partial charge in [0.25, 0.3) is 0 Å². The molecule has 0 aliphatic carbocycles. The number of aliphatic hydroxyl groups is 1. The molecule has 2 atom stereocenters. The Morgan fingerprint density at radius 2 is 2.43 bits per heavy atom. The molecule has 1 aromatic rings. The van der Waals surface area contributed by atoms with E-state index >= 15 is 0 Å². The highest BCUT2D eigenvalue weighted by Gasteiger charge is 2.23. The van der Waals surface area contributed by atoms with Crippen LogP contribution in [0.2, 0.25) is 0 Å². The van der Waals surface area contributed by atoms with Crippen LogP contribution in [0.1, 0.15) is 31.1 Å². The Morgan fingerprint density at radius 3 is 3.07 bits per heavy atom. The van der Waals surface area contributed by atoms with Crippen LogP contribution in [0.5, 0.6) is 0 Å². The Kier molecular flexibility index (Phi) is 2.52. The van der Waals surface area contributed by atoms with E-state index in [2.05, 4.69) is 10.2 Å². The number of aliphatic hydroxyl groups excluding tert-OH is 1. The lowest BCUT2D eigenvalue weighted by Gasteiger charge is -2.23. The smallest absolute Gasteiger partial charge is 0.161 e. The average Bonchev–Trinajstić information content (AvgIpc) is 2.59. The molecule has 1 unspecified atom stereocenters. The van der Waals surface area contributed by atoms with Crippen molar-refractivity contribution in [3.63, 3.8) is 0 Å². The largest absolute Gasteiger partial charge is 0.385 e. The molecule has 1 aromatic heterocycles. The second-order valence-electron chi connectivity index (χ2n) is 3.90. The number of aryl methyl sites for hydroxylation is 1. The molecule has 5 heteroatoms. The Hall–Kier alpha value is -0.940. The van der Waals surface area contributed by atoms with Gasteiger partial charge in [-0.25, -0.2) is 0 Å². The molecule has 0 amide bonds. The SMILES string of the molecule is C[C@H](O)c1nnc2n1CC(CN)CC2. The molecule has 5 nitrogen and oxygen atoms in total. The molecule has 0 fully saturated rings. The van der Waals surface area contributed by atoms with Gasteiger partial charge in [-0.1, -0.05) is 0 Å². The monoisotopic (exact) mass is 196 g/mol. The maximum Gasteiger partial charge on any atom is 0.161 e. The van der Waals surface area contributed by atoms with Crippen molar-refractivity contribution in [1.82, 2.24) is 14.8 Å². The lowest BCUT2D eigenvalue weighted by atomic mass is 9.99. The van der Waals surface area contributed by atoms with Gasteiger partial charge in [-0.2, -0.15) is 0 Å². The van der Waals surface area contributed by atoms with Gasteiger partial charge in [0, 0.05) is 13.0 Å². The van der Waals surface area contributed by atoms with Gasteiger partial charge in [-0.3, -0.25) is 0 Å². The van der Waals surface area contributed by atoms with Crippen LogP contribution in [-0.2, 0) is 13.0 Å². The van der Waals surface area contributed by atoms with Gasteiger partial charge in [0.05, 0.1) is 0 Å². The van der Waals surface area contributed by atoms with E-state index in [0.29, 0.717) is 18.3 Å². The van der Waals surface area contributed by atoms with E-state index < -0.39 is 6.10 Å². The highest BCUT2D eigenvalue weighted by atomic mass is 16.3. The second kappa shape index (κ2) is 3.67. The predicted octanol–water partition coefficient (Wildman–Crippen LogP) is -0.148. The average molecular weight is 196 g/mol. The maximum absolute atomic E-state index is 9.47. The summed E-state index contributed by atoms with van der Waals surface area (Å²) in [5.41, 5.74) is 5.64. The fraction of sp³-hybridized carbons (Fsp3) is 0.778. The summed E-state index contributed by atoms with van der Waals surface area (Å²) in [6.07, 6.45) is 1.45. The van der Waals surface area contributed by atoms with Crippen LogP contribution in [0.3, 0.4) is 0 Å². The lowest BCUT2D eigenvalue weighted by Crippen LogP contribution is -2.27. The van der Waals surface area contributed by atoms with Gasteiger partial charge >= 0.3 is 0 Å². The molecule has 78 valence electrons. The first-order valence-corrected chi connectivity index (χ1v) is 5.02. The Labute approximate surface area is 82.9 Å². The minimum absolute atomic E-state index is 0.496. The molecule has 2 rings (SSSR count). The van der Waals surface area contributed by atoms with Crippen LogP contribution >= 0.6 is 0 Å². The van der Waals surface area contributed by atoms with Crippen molar-refractivity contribution >= 4 is 0 Å². The molecular weight excluding hydrogens is 180 g/mol. The third-order valence-electron chi connectivity index (χ3n) is 2.78. The van der Waals surface area contributed by atoms with E-state index in [0.717, 1.165) is 25.2 Å². The van der Waals surface area contributed by atoms with Crippen molar-refractivity contribution < 1.29 is 5.11 Å². The standard InChI is InChI=1S/C9H16N4O/c1-6(14)9-12-11-8-3-2-7(4-10)5-13(8)9/h6-7,14H,2-5,10H2,1H3/t6-,7?/m0/s1. The second-order valence-corrected chi connectivity index (χ2v) is 3.90. The lowest BCUT2D eigenvalue weighted by molar-refractivity contribution is 0.179. The van der Waals surface area contributed by atoms with Crippen LogP contribution in [0.15, 0.2) is 0 Å². The van der Waals surface area contributed by atoms with E-state index in [-0.39, 0.29) is 0 Å². The van der Waals surface area contributed by atoms with Crippen molar-refractivity contribution in [3.05, 3.63) is 11.6 Å². The quantitative estimate of drug-likeness (QED) is 0.689. The number of nitrogens with two attached hydrogens (primary N) is 1. The van der Waals surface area contributed by atoms with Crippen LogP contribution in [-0.4, -0.2) is 26.4 Å². The topological polar surface area (TPSA) is 77.0 Å². The number of rotatable bonds is 2. The molecule has 0 radical (unpaired) electrons. The summed E-state index contributed by atoms with van der Waals surface area (Å²) in [4.78, 5) is 0. The summed E-state index contributed by atoms with van der Waals surface area (Å²) < 4.78 is 2.01. The van der Waals surface area contributed by atoms with Crippen LogP contribution < -0.4 is 5.73 Å². The Morgan fingerprint density at radius 1 is 1.64 bits per heavy atom. The Balaban J connectivity index is 2.28. The molecule has 1 aliphatic heterocycles. The first-order valence-electron chi connectivity index (χ1n) is 5.02. The molecule has 0 spiro atoms. The zero-order valence-corrected chi connectivity index (χ0v) is 8.35. The van der Waals surface area contributed by atoms with Gasteiger partial charge in [0.2, 0.25) is 0 Å². The fourth-order valence-electron chi connectivity index (χ4n) is 1.92. The minimum Gasteiger partial charge on any atom is -0.385 e. The number of nitrogens with zero attached hydrogens (tertiary/aromatic N) is 3. The molecule has 2 heterocycles. The zero-order valence-electron chi connectivity index (χ0n) is 8.35. The number of hydrogen-bond donors (Lipinski definition) is 2. The van der Waals surface area contributed by atoms with E-state index in [4.69, 9.17) is 5.73 Å². The number of fused-ring (bicyclic) bond motifs is 1. The zero-order chi connectivity index (χ0) is 10.1. The van der Waals surface area contributed by atoms with Gasteiger partial charge in [-0.15, -0.1) is 10.2 Å². The molecule has 14 heavy (non-hydrogen) atoms. The van der Waals surface area contributed by atoms with Crippen molar-refractivity contribution in [1.29, 1.82) is 0 Å². The first-order chi connectivity index (χ1) is 6.72. The summed E-state index contributed by atoms with van der Waals surface area (Å²) in [5, 5.41) is 17.5. The highest BCUT2D eigenvalue weighted by molar-refractivity contribution is 5.01. The van der Waals surface area contributed by atoms with Gasteiger partial charge in [-0.05, 0) is 25.8 Å². The van der Waals surface area contributed by atoms with Crippen molar-refractivity contribution in [2.24, 2.45) is 11.7 Å². The summed E-state index contributed by atoms with van der Waals surface area (Å²) >= 11 is 0. The summed E-state index contributed by atoms with van der Waals surface area (Å²) in [6.45, 7) is 3.25. The molecule has 0 saturated carbocycles. The normalized spacial score (nSPS) is 23.2. The third-order valence-corrected chi connectivity index (χ3v) is 2.78. The van der Waals surface area contributed by atoms with Gasteiger partial charge < -0.3 is 15.4 Å². The summed E-state index contributed by atoms with van der Waals surface area (Å²) in [5.74, 6) is 2.14. The van der Waals surface area contributed by atoms with E-state index in [9.17, 15) is 5.11 Å². The van der Waals surface area contributed by atoms with E-state index in [1.165, 1.54) is 0 Å². The number of aromatic nitrogens is 3. The molecule has 0 aromatic carbocycles.